The fourth-order valence-corrected chi connectivity index (χ4v) is 2.09. The largest absolute Gasteiger partial charge is 0.361 e. The van der Waals surface area contributed by atoms with E-state index in [1.807, 2.05) is 25.4 Å². The standard InChI is InChI=1S/C15H19N3/c1-6-14-10(4)13(8-17-14)15-12(9(2)3)7-16-11(5)18-15/h6-9,17H,1H2,2-5H3. The summed E-state index contributed by atoms with van der Waals surface area (Å²) in [6.45, 7) is 12.1. The molecule has 0 saturated carbocycles. The van der Waals surface area contributed by atoms with Crippen LogP contribution >= 0.6 is 0 Å². The molecule has 0 aliphatic carbocycles. The molecule has 0 unspecified atom stereocenters. The quantitative estimate of drug-likeness (QED) is 0.886. The van der Waals surface area contributed by atoms with Gasteiger partial charge in [0, 0.05) is 23.7 Å². The highest BCUT2D eigenvalue weighted by Crippen LogP contribution is 2.30. The van der Waals surface area contributed by atoms with Crippen molar-refractivity contribution >= 4 is 6.08 Å². The van der Waals surface area contributed by atoms with Crippen LogP contribution in [-0.2, 0) is 0 Å². The first-order valence-electron chi connectivity index (χ1n) is 6.19. The molecule has 18 heavy (non-hydrogen) atoms. The minimum atomic E-state index is 0.405. The van der Waals surface area contributed by atoms with Crippen molar-refractivity contribution in [3.8, 4) is 11.3 Å². The van der Waals surface area contributed by atoms with E-state index in [0.29, 0.717) is 5.92 Å². The van der Waals surface area contributed by atoms with Crippen molar-refractivity contribution < 1.29 is 0 Å². The fraction of sp³-hybridized carbons (Fsp3) is 0.333. The van der Waals surface area contributed by atoms with E-state index < -0.39 is 0 Å². The molecule has 0 fully saturated rings. The molecule has 0 radical (unpaired) electrons. The molecule has 94 valence electrons. The number of rotatable bonds is 3. The zero-order chi connectivity index (χ0) is 13.3. The van der Waals surface area contributed by atoms with Crippen LogP contribution in [0.4, 0.5) is 0 Å². The second kappa shape index (κ2) is 4.77. The van der Waals surface area contributed by atoms with E-state index in [4.69, 9.17) is 0 Å². The normalized spacial score (nSPS) is 10.9. The van der Waals surface area contributed by atoms with Gasteiger partial charge >= 0.3 is 0 Å². The van der Waals surface area contributed by atoms with Crippen LogP contribution in [0.2, 0.25) is 0 Å². The van der Waals surface area contributed by atoms with Gasteiger partial charge in [-0.05, 0) is 37.0 Å². The van der Waals surface area contributed by atoms with Crippen molar-refractivity contribution in [3.63, 3.8) is 0 Å². The Balaban J connectivity index is 2.65. The Bertz CT molecular complexity index is 579. The number of nitrogens with zero attached hydrogens (tertiary/aromatic N) is 2. The Morgan fingerprint density at radius 2 is 2.06 bits per heavy atom. The summed E-state index contributed by atoms with van der Waals surface area (Å²) in [5.41, 5.74) is 5.58. The van der Waals surface area contributed by atoms with Crippen molar-refractivity contribution in [2.24, 2.45) is 0 Å². The van der Waals surface area contributed by atoms with E-state index in [-0.39, 0.29) is 0 Å². The lowest BCUT2D eigenvalue weighted by molar-refractivity contribution is 0.842. The highest BCUT2D eigenvalue weighted by Gasteiger charge is 2.15. The number of aromatic amines is 1. The molecule has 0 aromatic carbocycles. The highest BCUT2D eigenvalue weighted by atomic mass is 14.9. The molecule has 2 rings (SSSR count). The van der Waals surface area contributed by atoms with Crippen molar-refractivity contribution in [2.45, 2.75) is 33.6 Å². The second-order valence-electron chi connectivity index (χ2n) is 4.82. The summed E-state index contributed by atoms with van der Waals surface area (Å²) in [7, 11) is 0. The Kier molecular flexibility index (Phi) is 3.32. The number of hydrogen-bond acceptors (Lipinski definition) is 2. The number of nitrogens with one attached hydrogen (secondary N) is 1. The zero-order valence-corrected chi connectivity index (χ0v) is 11.4. The summed E-state index contributed by atoms with van der Waals surface area (Å²) in [6, 6.07) is 0. The van der Waals surface area contributed by atoms with Gasteiger partial charge < -0.3 is 4.98 Å². The number of H-pyrrole nitrogens is 1. The molecule has 0 aliphatic heterocycles. The van der Waals surface area contributed by atoms with Crippen LogP contribution in [0.1, 0.15) is 42.4 Å². The molecule has 0 amide bonds. The average Bonchev–Trinajstić information content (AvgIpc) is 2.69. The second-order valence-corrected chi connectivity index (χ2v) is 4.82. The predicted octanol–water partition coefficient (Wildman–Crippen LogP) is 3.85. The molecule has 2 aromatic heterocycles. The van der Waals surface area contributed by atoms with Gasteiger partial charge in [-0.15, -0.1) is 0 Å². The van der Waals surface area contributed by atoms with Gasteiger partial charge in [0.25, 0.3) is 0 Å². The molecular weight excluding hydrogens is 222 g/mol. The molecule has 2 heterocycles. The van der Waals surface area contributed by atoms with E-state index >= 15 is 0 Å². The molecular formula is C15H19N3. The van der Waals surface area contributed by atoms with Gasteiger partial charge in [0.1, 0.15) is 5.82 Å². The van der Waals surface area contributed by atoms with Crippen molar-refractivity contribution in [3.05, 3.63) is 41.6 Å². The maximum Gasteiger partial charge on any atom is 0.125 e. The van der Waals surface area contributed by atoms with Crippen LogP contribution in [0.25, 0.3) is 17.3 Å². The van der Waals surface area contributed by atoms with Crippen molar-refractivity contribution in [1.82, 2.24) is 15.0 Å². The molecule has 0 aliphatic rings. The molecule has 0 atom stereocenters. The van der Waals surface area contributed by atoms with Crippen LogP contribution < -0.4 is 0 Å². The van der Waals surface area contributed by atoms with Crippen molar-refractivity contribution in [2.75, 3.05) is 0 Å². The van der Waals surface area contributed by atoms with Crippen molar-refractivity contribution in [1.29, 1.82) is 0 Å². The monoisotopic (exact) mass is 241 g/mol. The maximum atomic E-state index is 4.61. The molecule has 0 saturated heterocycles. The number of aryl methyl sites for hydroxylation is 1. The maximum absolute atomic E-state index is 4.61. The fourth-order valence-electron chi connectivity index (χ4n) is 2.09. The van der Waals surface area contributed by atoms with Gasteiger partial charge in [0.2, 0.25) is 0 Å². The summed E-state index contributed by atoms with van der Waals surface area (Å²) in [5.74, 6) is 1.21. The Labute approximate surface area is 108 Å². The van der Waals surface area contributed by atoms with Gasteiger partial charge in [-0.1, -0.05) is 20.4 Å². The first-order valence-corrected chi connectivity index (χ1v) is 6.19. The number of aromatic nitrogens is 3. The Morgan fingerprint density at radius 3 is 2.61 bits per heavy atom. The third-order valence-corrected chi connectivity index (χ3v) is 3.20. The first-order chi connectivity index (χ1) is 8.54. The molecule has 0 bridgehead atoms. The lowest BCUT2D eigenvalue weighted by atomic mass is 9.98. The molecule has 3 heteroatoms. The third kappa shape index (κ3) is 2.08. The molecule has 1 N–H and O–H groups in total. The number of hydrogen-bond donors (Lipinski definition) is 1. The van der Waals surface area contributed by atoms with Crippen LogP contribution in [-0.4, -0.2) is 15.0 Å². The van der Waals surface area contributed by atoms with E-state index in [1.165, 1.54) is 11.1 Å². The third-order valence-electron chi connectivity index (χ3n) is 3.20. The Hall–Kier alpha value is -1.90. The summed E-state index contributed by atoms with van der Waals surface area (Å²) >= 11 is 0. The average molecular weight is 241 g/mol. The predicted molar refractivity (Wildman–Crippen MR) is 75.5 cm³/mol. The van der Waals surface area contributed by atoms with Crippen LogP contribution in [0.3, 0.4) is 0 Å². The van der Waals surface area contributed by atoms with Gasteiger partial charge in [-0.25, -0.2) is 9.97 Å². The summed E-state index contributed by atoms with van der Waals surface area (Å²) in [5, 5.41) is 0. The van der Waals surface area contributed by atoms with E-state index in [0.717, 1.165) is 22.8 Å². The van der Waals surface area contributed by atoms with Gasteiger partial charge in [-0.2, -0.15) is 0 Å². The first kappa shape index (κ1) is 12.6. The lowest BCUT2D eigenvalue weighted by Crippen LogP contribution is -2.00. The van der Waals surface area contributed by atoms with Crippen LogP contribution in [0, 0.1) is 13.8 Å². The van der Waals surface area contributed by atoms with E-state index in [9.17, 15) is 0 Å². The van der Waals surface area contributed by atoms with Gasteiger partial charge in [0.05, 0.1) is 5.69 Å². The summed E-state index contributed by atoms with van der Waals surface area (Å²) in [4.78, 5) is 12.1. The lowest BCUT2D eigenvalue weighted by Gasteiger charge is -2.11. The van der Waals surface area contributed by atoms with Crippen LogP contribution in [0.15, 0.2) is 19.0 Å². The van der Waals surface area contributed by atoms with Gasteiger partial charge in [-0.3, -0.25) is 0 Å². The zero-order valence-electron chi connectivity index (χ0n) is 11.4. The molecule has 2 aromatic rings. The topological polar surface area (TPSA) is 41.6 Å². The van der Waals surface area contributed by atoms with E-state index in [2.05, 4.69) is 42.3 Å². The van der Waals surface area contributed by atoms with Crippen LogP contribution in [0.5, 0.6) is 0 Å². The smallest absolute Gasteiger partial charge is 0.125 e. The minimum absolute atomic E-state index is 0.405. The van der Waals surface area contributed by atoms with E-state index in [1.54, 1.807) is 0 Å². The van der Waals surface area contributed by atoms with Gasteiger partial charge in [0.15, 0.2) is 0 Å². The minimum Gasteiger partial charge on any atom is -0.361 e. The highest BCUT2D eigenvalue weighted by molar-refractivity contribution is 5.71. The summed E-state index contributed by atoms with van der Waals surface area (Å²) < 4.78 is 0. The Morgan fingerprint density at radius 1 is 1.33 bits per heavy atom. The molecule has 3 nitrogen and oxygen atoms in total. The summed E-state index contributed by atoms with van der Waals surface area (Å²) in [6.07, 6.45) is 5.77. The SMILES string of the molecule is C=Cc1[nH]cc(-c2nc(C)ncc2C(C)C)c1C. The molecule has 0 spiro atoms.